The highest BCUT2D eigenvalue weighted by Crippen LogP contribution is 2.32. The molecule has 1 atom stereocenters. The van der Waals surface area contributed by atoms with E-state index in [1.165, 1.54) is 11.8 Å². The van der Waals surface area contributed by atoms with Crippen LogP contribution < -0.4 is 0 Å². The lowest BCUT2D eigenvalue weighted by Gasteiger charge is -2.12. The van der Waals surface area contributed by atoms with Crippen LogP contribution in [0.1, 0.15) is 6.92 Å². The van der Waals surface area contributed by atoms with Crippen molar-refractivity contribution in [2.75, 3.05) is 0 Å². The summed E-state index contributed by atoms with van der Waals surface area (Å²) in [6.07, 6.45) is 0. The molecule has 1 heterocycles. The van der Waals surface area contributed by atoms with Crippen molar-refractivity contribution >= 4 is 48.6 Å². The first-order valence-electron chi connectivity index (χ1n) is 2.34. The minimum absolute atomic E-state index is 0.396. The van der Waals surface area contributed by atoms with Gasteiger partial charge >= 0.3 is 0 Å². The first-order chi connectivity index (χ1) is 4.18. The summed E-state index contributed by atoms with van der Waals surface area (Å²) in [6, 6.07) is 0. The van der Waals surface area contributed by atoms with Crippen LogP contribution in [0.3, 0.4) is 0 Å². The summed E-state index contributed by atoms with van der Waals surface area (Å²) >= 11 is 6.34. The number of amidine groups is 1. The van der Waals surface area contributed by atoms with Crippen molar-refractivity contribution in [3.05, 3.63) is 0 Å². The van der Waals surface area contributed by atoms with Gasteiger partial charge in [-0.15, -0.1) is 0 Å². The van der Waals surface area contributed by atoms with Gasteiger partial charge in [0.1, 0.15) is 3.95 Å². The minimum atomic E-state index is 0.396. The topological polar surface area (TPSA) is 36.2 Å². The molecule has 5 heteroatoms. The molecular weight excluding hydrogens is 220 g/mol. The number of aliphatic imine (C=N–C) groups is 1. The summed E-state index contributed by atoms with van der Waals surface area (Å²) in [6.45, 7) is 2.06. The van der Waals surface area contributed by atoms with Crippen LogP contribution in [-0.4, -0.2) is 13.7 Å². The van der Waals surface area contributed by atoms with Crippen LogP contribution in [0.15, 0.2) is 4.99 Å². The molecule has 0 aromatic heterocycles. The fourth-order valence-corrected chi connectivity index (χ4v) is 3.63. The number of rotatable bonds is 0. The van der Waals surface area contributed by atoms with E-state index < -0.39 is 0 Å². The predicted molar refractivity (Wildman–Crippen MR) is 48.7 cm³/mol. The van der Waals surface area contributed by atoms with Crippen molar-refractivity contribution in [2.24, 2.45) is 4.99 Å². The normalized spacial score (nSPS) is 28.0. The lowest BCUT2D eigenvalue weighted by atomic mass is 11.0. The lowest BCUT2D eigenvalue weighted by Crippen LogP contribution is -2.04. The molecule has 0 spiro atoms. The fourth-order valence-electron chi connectivity index (χ4n) is 0.451. The van der Waals surface area contributed by atoms with Gasteiger partial charge in [-0.05, 0) is 22.9 Å². The Morgan fingerprint density at radius 3 is 2.78 bits per heavy atom. The van der Waals surface area contributed by atoms with Crippen LogP contribution in [0.4, 0.5) is 0 Å². The lowest BCUT2D eigenvalue weighted by molar-refractivity contribution is 1.42. The van der Waals surface area contributed by atoms with Gasteiger partial charge in [-0.1, -0.05) is 23.5 Å². The van der Waals surface area contributed by atoms with Crippen LogP contribution in [0, 0.1) is 5.41 Å². The molecule has 0 saturated carbocycles. The second-order valence-corrected chi connectivity index (χ2v) is 5.71. The maximum Gasteiger partial charge on any atom is 0.182 e. The SMILES string of the molecule is CC1SC(=N)N=C(Br)S1. The summed E-state index contributed by atoms with van der Waals surface area (Å²) in [5.41, 5.74) is 0. The zero-order valence-corrected chi connectivity index (χ0v) is 7.94. The van der Waals surface area contributed by atoms with Crippen molar-refractivity contribution < 1.29 is 0 Å². The van der Waals surface area contributed by atoms with Crippen molar-refractivity contribution in [2.45, 2.75) is 11.5 Å². The van der Waals surface area contributed by atoms with Crippen LogP contribution in [-0.2, 0) is 0 Å². The Morgan fingerprint density at radius 2 is 2.33 bits per heavy atom. The molecule has 0 aliphatic carbocycles. The first kappa shape index (κ1) is 7.63. The molecule has 0 radical (unpaired) electrons. The maximum absolute atomic E-state index is 7.18. The Labute approximate surface area is 70.5 Å². The van der Waals surface area contributed by atoms with Gasteiger partial charge < -0.3 is 0 Å². The Bertz CT molecular complexity index is 168. The Balaban J connectivity index is 2.67. The van der Waals surface area contributed by atoms with E-state index in [1.807, 2.05) is 0 Å². The number of hydrogen-bond acceptors (Lipinski definition) is 3. The standard InChI is InChI=1S/C4H5BrN2S2/c1-2-8-3(5)7-4(6)9-2/h2,6H,1H3. The van der Waals surface area contributed by atoms with Gasteiger partial charge in [-0.3, -0.25) is 5.41 Å². The third-order valence-electron chi connectivity index (χ3n) is 0.730. The highest BCUT2D eigenvalue weighted by atomic mass is 79.9. The molecule has 1 unspecified atom stereocenters. The van der Waals surface area contributed by atoms with Gasteiger partial charge in [0.15, 0.2) is 5.17 Å². The first-order valence-corrected chi connectivity index (χ1v) is 4.90. The molecule has 0 aromatic rings. The molecule has 1 aliphatic heterocycles. The molecule has 2 nitrogen and oxygen atoms in total. The van der Waals surface area contributed by atoms with Crippen LogP contribution >= 0.6 is 39.5 Å². The summed E-state index contributed by atoms with van der Waals surface area (Å²) in [4.78, 5) is 3.88. The van der Waals surface area contributed by atoms with Gasteiger partial charge in [0.2, 0.25) is 0 Å². The highest BCUT2D eigenvalue weighted by molar-refractivity contribution is 9.22. The second kappa shape index (κ2) is 3.07. The Morgan fingerprint density at radius 1 is 1.67 bits per heavy atom. The molecule has 1 aliphatic rings. The van der Waals surface area contributed by atoms with E-state index in [0.717, 1.165) is 3.95 Å². The predicted octanol–water partition coefficient (Wildman–Crippen LogP) is 2.50. The van der Waals surface area contributed by atoms with Gasteiger partial charge in [0.25, 0.3) is 0 Å². The third-order valence-corrected chi connectivity index (χ3v) is 3.31. The molecule has 9 heavy (non-hydrogen) atoms. The molecule has 0 saturated heterocycles. The molecule has 0 amide bonds. The Kier molecular flexibility index (Phi) is 2.60. The van der Waals surface area contributed by atoms with E-state index in [1.54, 1.807) is 11.8 Å². The largest absolute Gasteiger partial charge is 0.277 e. The monoisotopic (exact) mass is 224 g/mol. The average molecular weight is 225 g/mol. The van der Waals surface area contributed by atoms with E-state index in [9.17, 15) is 0 Å². The number of thioether (sulfide) groups is 2. The van der Waals surface area contributed by atoms with Gasteiger partial charge in [0.05, 0.1) is 4.58 Å². The smallest absolute Gasteiger partial charge is 0.182 e. The van der Waals surface area contributed by atoms with Crippen molar-refractivity contribution in [3.8, 4) is 0 Å². The molecular formula is C4H5BrN2S2. The maximum atomic E-state index is 7.18. The second-order valence-electron chi connectivity index (χ2n) is 1.47. The Hall–Kier alpha value is 0.520. The zero-order valence-electron chi connectivity index (χ0n) is 4.72. The third kappa shape index (κ3) is 2.31. The number of nitrogens with zero attached hydrogens (tertiary/aromatic N) is 1. The van der Waals surface area contributed by atoms with Crippen molar-refractivity contribution in [1.82, 2.24) is 0 Å². The van der Waals surface area contributed by atoms with Crippen molar-refractivity contribution in [3.63, 3.8) is 0 Å². The molecule has 1 N–H and O–H groups in total. The van der Waals surface area contributed by atoms with Crippen molar-refractivity contribution in [1.29, 1.82) is 5.41 Å². The van der Waals surface area contributed by atoms with Gasteiger partial charge in [-0.2, -0.15) is 0 Å². The van der Waals surface area contributed by atoms with E-state index >= 15 is 0 Å². The molecule has 1 rings (SSSR count). The summed E-state index contributed by atoms with van der Waals surface area (Å²) in [5.74, 6) is 0. The van der Waals surface area contributed by atoms with Crippen LogP contribution in [0.2, 0.25) is 0 Å². The molecule has 0 fully saturated rings. The van der Waals surface area contributed by atoms with E-state index in [-0.39, 0.29) is 0 Å². The van der Waals surface area contributed by atoms with Gasteiger partial charge in [-0.25, -0.2) is 4.99 Å². The van der Waals surface area contributed by atoms with E-state index in [4.69, 9.17) is 5.41 Å². The number of halogens is 1. The molecule has 50 valence electrons. The zero-order chi connectivity index (χ0) is 6.85. The molecule has 0 bridgehead atoms. The highest BCUT2D eigenvalue weighted by Gasteiger charge is 2.14. The molecule has 0 aromatic carbocycles. The van der Waals surface area contributed by atoms with E-state index in [2.05, 4.69) is 27.8 Å². The summed E-state index contributed by atoms with van der Waals surface area (Å²) in [7, 11) is 0. The van der Waals surface area contributed by atoms with Crippen LogP contribution in [0.25, 0.3) is 0 Å². The van der Waals surface area contributed by atoms with E-state index in [0.29, 0.717) is 9.75 Å². The fraction of sp³-hybridized carbons (Fsp3) is 0.500. The quantitative estimate of drug-likeness (QED) is 0.687. The number of nitrogens with one attached hydrogen (secondary N) is 1. The average Bonchev–Trinajstić information content (AvgIpc) is 1.59. The summed E-state index contributed by atoms with van der Waals surface area (Å²) < 4.78 is 1.24. The minimum Gasteiger partial charge on any atom is -0.277 e. The van der Waals surface area contributed by atoms with Crippen LogP contribution in [0.5, 0.6) is 0 Å². The summed E-state index contributed by atoms with van der Waals surface area (Å²) in [5, 5.41) is 7.58. The number of hydrogen-bond donors (Lipinski definition) is 1. The van der Waals surface area contributed by atoms with Gasteiger partial charge in [0, 0.05) is 0 Å².